The zero-order valence-electron chi connectivity index (χ0n) is 17.1. The number of anilines is 1. The zero-order valence-corrected chi connectivity index (χ0v) is 17.9. The Balaban J connectivity index is 1.56. The molecule has 0 saturated heterocycles. The van der Waals surface area contributed by atoms with E-state index < -0.39 is 0 Å². The molecule has 4 rings (SSSR count). The van der Waals surface area contributed by atoms with E-state index in [9.17, 15) is 9.18 Å². The first kappa shape index (κ1) is 20.8. The number of benzene rings is 3. The van der Waals surface area contributed by atoms with Crippen LogP contribution in [0.25, 0.3) is 22.0 Å². The molecule has 0 bridgehead atoms. The van der Waals surface area contributed by atoms with Crippen LogP contribution in [0.3, 0.4) is 0 Å². The average molecular weight is 434 g/mol. The van der Waals surface area contributed by atoms with E-state index in [1.54, 1.807) is 19.2 Å². The number of aryl methyl sites for hydroxylation is 1. The average Bonchev–Trinajstić information content (AvgIpc) is 2.78. The van der Waals surface area contributed by atoms with E-state index in [1.807, 2.05) is 49.4 Å². The van der Waals surface area contributed by atoms with Gasteiger partial charge >= 0.3 is 0 Å². The minimum absolute atomic E-state index is 0.164. The molecule has 0 spiro atoms. The Hall–Kier alpha value is -3.45. The van der Waals surface area contributed by atoms with Crippen molar-refractivity contribution in [3.63, 3.8) is 0 Å². The molecule has 0 saturated carbocycles. The molecular formula is C24H20FN3O2S. The third-order valence-corrected chi connectivity index (χ3v) is 5.72. The van der Waals surface area contributed by atoms with Crippen LogP contribution < -0.4 is 10.1 Å². The van der Waals surface area contributed by atoms with Crippen molar-refractivity contribution in [3.8, 4) is 17.0 Å². The maximum atomic E-state index is 13.3. The summed E-state index contributed by atoms with van der Waals surface area (Å²) in [5.41, 5.74) is 3.12. The number of nitrogens with zero attached hydrogens (tertiary/aromatic N) is 2. The number of amides is 1. The van der Waals surface area contributed by atoms with Gasteiger partial charge in [-0.25, -0.2) is 4.39 Å². The van der Waals surface area contributed by atoms with E-state index in [0.29, 0.717) is 22.2 Å². The van der Waals surface area contributed by atoms with Crippen LogP contribution in [0.2, 0.25) is 0 Å². The summed E-state index contributed by atoms with van der Waals surface area (Å²) in [4.78, 5) is 12.6. The number of nitrogens with one attached hydrogen (secondary N) is 1. The van der Waals surface area contributed by atoms with Crippen molar-refractivity contribution in [2.45, 2.75) is 11.9 Å². The van der Waals surface area contributed by atoms with Gasteiger partial charge in [-0.1, -0.05) is 42.1 Å². The van der Waals surface area contributed by atoms with Crippen LogP contribution in [0.4, 0.5) is 10.1 Å². The Bertz CT molecular complexity index is 1250. The molecular weight excluding hydrogens is 413 g/mol. The van der Waals surface area contributed by atoms with Gasteiger partial charge in [-0.05, 0) is 48.9 Å². The second kappa shape index (κ2) is 9.14. The summed E-state index contributed by atoms with van der Waals surface area (Å²) in [5, 5.41) is 14.1. The molecule has 4 aromatic rings. The smallest absolute Gasteiger partial charge is 0.234 e. The van der Waals surface area contributed by atoms with Gasteiger partial charge in [-0.15, -0.1) is 10.2 Å². The molecule has 31 heavy (non-hydrogen) atoms. The fourth-order valence-corrected chi connectivity index (χ4v) is 4.02. The predicted octanol–water partition coefficient (Wildman–Crippen LogP) is 5.48. The van der Waals surface area contributed by atoms with E-state index in [1.165, 1.54) is 23.9 Å². The summed E-state index contributed by atoms with van der Waals surface area (Å²) < 4.78 is 18.6. The number of rotatable bonds is 6. The van der Waals surface area contributed by atoms with Gasteiger partial charge in [0.2, 0.25) is 5.91 Å². The van der Waals surface area contributed by atoms with Gasteiger partial charge < -0.3 is 10.1 Å². The lowest BCUT2D eigenvalue weighted by Crippen LogP contribution is -2.15. The lowest BCUT2D eigenvalue weighted by Gasteiger charge is -2.12. The van der Waals surface area contributed by atoms with Crippen molar-refractivity contribution in [3.05, 3.63) is 78.1 Å². The quantitative estimate of drug-likeness (QED) is 0.408. The Kier molecular flexibility index (Phi) is 6.13. The molecule has 3 aromatic carbocycles. The lowest BCUT2D eigenvalue weighted by atomic mass is 10.1. The molecule has 5 nitrogen and oxygen atoms in total. The monoisotopic (exact) mass is 433 g/mol. The highest BCUT2D eigenvalue weighted by Gasteiger charge is 2.14. The Morgan fingerprint density at radius 3 is 2.52 bits per heavy atom. The standard InChI is InChI=1S/C24H20FN3O2S/c1-15-7-12-21(30-2)20(13-15)26-22(29)14-31-24-19-6-4-3-5-18(19)23(27-28-24)16-8-10-17(25)11-9-16/h3-13H,14H2,1-2H3,(H,26,29). The number of carbonyl (C=O) groups is 1. The molecule has 1 N–H and O–H groups in total. The minimum atomic E-state index is -0.301. The van der Waals surface area contributed by atoms with Crippen molar-refractivity contribution in [1.82, 2.24) is 10.2 Å². The lowest BCUT2D eigenvalue weighted by molar-refractivity contribution is -0.113. The van der Waals surface area contributed by atoms with Crippen LogP contribution >= 0.6 is 11.8 Å². The summed E-state index contributed by atoms with van der Waals surface area (Å²) in [6, 6.07) is 19.5. The van der Waals surface area contributed by atoms with Crippen molar-refractivity contribution in [2.24, 2.45) is 0 Å². The Labute approximate surface area is 183 Å². The number of hydrogen-bond acceptors (Lipinski definition) is 5. The molecule has 0 aliphatic carbocycles. The maximum Gasteiger partial charge on any atom is 0.234 e. The fourth-order valence-electron chi connectivity index (χ4n) is 3.25. The van der Waals surface area contributed by atoms with Gasteiger partial charge in [-0.2, -0.15) is 0 Å². The van der Waals surface area contributed by atoms with Crippen molar-refractivity contribution in [2.75, 3.05) is 18.2 Å². The van der Waals surface area contributed by atoms with Gasteiger partial charge in [0.05, 0.1) is 18.6 Å². The molecule has 1 heterocycles. The summed E-state index contributed by atoms with van der Waals surface area (Å²) >= 11 is 1.31. The zero-order chi connectivity index (χ0) is 21.8. The first-order valence-electron chi connectivity index (χ1n) is 9.64. The molecule has 0 unspecified atom stereocenters. The predicted molar refractivity (Wildman–Crippen MR) is 122 cm³/mol. The molecule has 0 radical (unpaired) electrons. The largest absolute Gasteiger partial charge is 0.495 e. The van der Waals surface area contributed by atoms with Gasteiger partial charge in [-0.3, -0.25) is 4.79 Å². The van der Waals surface area contributed by atoms with E-state index in [-0.39, 0.29) is 17.5 Å². The Morgan fingerprint density at radius 2 is 1.77 bits per heavy atom. The van der Waals surface area contributed by atoms with Crippen LogP contribution in [0.1, 0.15) is 5.56 Å². The molecule has 1 aromatic heterocycles. The van der Waals surface area contributed by atoms with Crippen LogP contribution in [0.15, 0.2) is 71.8 Å². The normalized spacial score (nSPS) is 10.8. The van der Waals surface area contributed by atoms with E-state index in [2.05, 4.69) is 15.5 Å². The first-order chi connectivity index (χ1) is 15.0. The number of aromatic nitrogens is 2. The van der Waals surface area contributed by atoms with Crippen LogP contribution in [0.5, 0.6) is 5.75 Å². The summed E-state index contributed by atoms with van der Waals surface area (Å²) in [6.45, 7) is 1.95. The molecule has 0 fully saturated rings. The number of fused-ring (bicyclic) bond motifs is 1. The molecule has 7 heteroatoms. The van der Waals surface area contributed by atoms with Crippen LogP contribution in [0, 0.1) is 12.7 Å². The number of methoxy groups -OCH3 is 1. The molecule has 156 valence electrons. The third kappa shape index (κ3) is 4.67. The summed E-state index contributed by atoms with van der Waals surface area (Å²) in [6.07, 6.45) is 0. The molecule has 0 atom stereocenters. The van der Waals surface area contributed by atoms with E-state index in [0.717, 1.165) is 21.9 Å². The molecule has 1 amide bonds. The fraction of sp³-hybridized carbons (Fsp3) is 0.125. The van der Waals surface area contributed by atoms with E-state index >= 15 is 0 Å². The SMILES string of the molecule is COc1ccc(C)cc1NC(=O)CSc1nnc(-c2ccc(F)cc2)c2ccccc12. The van der Waals surface area contributed by atoms with Crippen LogP contribution in [-0.2, 0) is 4.79 Å². The molecule has 0 aliphatic heterocycles. The highest BCUT2D eigenvalue weighted by molar-refractivity contribution is 8.00. The summed E-state index contributed by atoms with van der Waals surface area (Å²) in [5.74, 6) is 0.316. The number of thioether (sulfide) groups is 1. The van der Waals surface area contributed by atoms with E-state index in [4.69, 9.17) is 4.74 Å². The summed E-state index contributed by atoms with van der Waals surface area (Å²) in [7, 11) is 1.57. The molecule has 0 aliphatic rings. The van der Waals surface area contributed by atoms with Crippen molar-refractivity contribution < 1.29 is 13.9 Å². The van der Waals surface area contributed by atoms with Gasteiger partial charge in [0, 0.05) is 16.3 Å². The second-order valence-corrected chi connectivity index (χ2v) is 7.91. The highest BCUT2D eigenvalue weighted by Crippen LogP contribution is 2.32. The Morgan fingerprint density at radius 1 is 1.03 bits per heavy atom. The number of ether oxygens (including phenoxy) is 1. The van der Waals surface area contributed by atoms with Gasteiger partial charge in [0.1, 0.15) is 22.3 Å². The second-order valence-electron chi connectivity index (χ2n) is 6.95. The third-order valence-electron chi connectivity index (χ3n) is 4.74. The number of carbonyl (C=O) groups excluding carboxylic acids is 1. The maximum absolute atomic E-state index is 13.3. The highest BCUT2D eigenvalue weighted by atomic mass is 32.2. The van der Waals surface area contributed by atoms with Crippen molar-refractivity contribution in [1.29, 1.82) is 0 Å². The van der Waals surface area contributed by atoms with Crippen LogP contribution in [-0.4, -0.2) is 29.0 Å². The first-order valence-corrected chi connectivity index (χ1v) is 10.6. The van der Waals surface area contributed by atoms with Crippen molar-refractivity contribution >= 4 is 34.1 Å². The number of hydrogen-bond donors (Lipinski definition) is 1. The topological polar surface area (TPSA) is 64.1 Å². The minimum Gasteiger partial charge on any atom is -0.495 e. The number of halogens is 1. The van der Waals surface area contributed by atoms with Gasteiger partial charge in [0.25, 0.3) is 0 Å². The van der Waals surface area contributed by atoms with Gasteiger partial charge in [0.15, 0.2) is 0 Å².